The summed E-state index contributed by atoms with van der Waals surface area (Å²) in [5, 5.41) is 2.63. The number of rotatable bonds is 4. The van der Waals surface area contributed by atoms with E-state index in [9.17, 15) is 0 Å². The van der Waals surface area contributed by atoms with Gasteiger partial charge in [0.1, 0.15) is 0 Å². The average molecular weight is 205 g/mol. The number of halogens is 1. The smallest absolute Gasteiger partial charge is 0.180 e. The van der Waals surface area contributed by atoms with Crippen LogP contribution in [0.4, 0.5) is 5.13 Å². The second kappa shape index (κ2) is 4.67. The second-order valence-corrected chi connectivity index (χ2v) is 3.95. The zero-order valence-corrected chi connectivity index (χ0v) is 8.66. The highest BCUT2D eigenvalue weighted by molar-refractivity contribution is 7.13. The van der Waals surface area contributed by atoms with E-state index in [4.69, 9.17) is 17.3 Å². The van der Waals surface area contributed by atoms with Crippen LogP contribution >= 0.6 is 22.9 Å². The van der Waals surface area contributed by atoms with Gasteiger partial charge in [-0.15, -0.1) is 22.9 Å². The van der Waals surface area contributed by atoms with E-state index in [-0.39, 0.29) is 0 Å². The van der Waals surface area contributed by atoms with E-state index < -0.39 is 0 Å². The molecule has 12 heavy (non-hydrogen) atoms. The van der Waals surface area contributed by atoms with Crippen molar-refractivity contribution in [3.8, 4) is 0 Å². The first-order valence-corrected chi connectivity index (χ1v) is 5.46. The summed E-state index contributed by atoms with van der Waals surface area (Å²) < 4.78 is 0. The van der Waals surface area contributed by atoms with Gasteiger partial charge in [0.25, 0.3) is 0 Å². The van der Waals surface area contributed by atoms with Gasteiger partial charge in [-0.3, -0.25) is 0 Å². The third-order valence-corrected chi connectivity index (χ3v) is 2.85. The van der Waals surface area contributed by atoms with Crippen molar-refractivity contribution in [1.82, 2.24) is 4.98 Å². The molecule has 0 aliphatic heterocycles. The van der Waals surface area contributed by atoms with Crippen LogP contribution in [-0.2, 0) is 0 Å². The number of thiazole rings is 1. The Labute approximate surface area is 81.8 Å². The minimum atomic E-state index is 0.380. The van der Waals surface area contributed by atoms with E-state index in [1.165, 1.54) is 11.3 Å². The molecule has 0 saturated carbocycles. The van der Waals surface area contributed by atoms with Crippen LogP contribution in [-0.4, -0.2) is 10.9 Å². The minimum Gasteiger partial charge on any atom is -0.375 e. The Kier molecular flexibility index (Phi) is 3.82. The minimum absolute atomic E-state index is 0.380. The Morgan fingerprint density at radius 3 is 2.92 bits per heavy atom. The molecule has 0 fully saturated rings. The van der Waals surface area contributed by atoms with Crippen molar-refractivity contribution in [2.45, 2.75) is 25.7 Å². The fraction of sp³-hybridized carbons (Fsp3) is 0.625. The van der Waals surface area contributed by atoms with E-state index in [0.29, 0.717) is 16.9 Å². The number of hydrogen-bond acceptors (Lipinski definition) is 3. The first-order valence-electron chi connectivity index (χ1n) is 4.04. The van der Waals surface area contributed by atoms with Gasteiger partial charge >= 0.3 is 0 Å². The fourth-order valence-electron chi connectivity index (χ4n) is 1.14. The maximum Gasteiger partial charge on any atom is 0.180 e. The van der Waals surface area contributed by atoms with Crippen LogP contribution in [0.25, 0.3) is 0 Å². The van der Waals surface area contributed by atoms with Crippen LogP contribution in [0.15, 0.2) is 5.38 Å². The summed E-state index contributed by atoms with van der Waals surface area (Å²) in [5.41, 5.74) is 6.58. The molecule has 1 rings (SSSR count). The number of alkyl halides is 1. The lowest BCUT2D eigenvalue weighted by Crippen LogP contribution is -2.00. The maximum absolute atomic E-state index is 5.81. The quantitative estimate of drug-likeness (QED) is 0.767. The molecule has 1 unspecified atom stereocenters. The van der Waals surface area contributed by atoms with Crippen LogP contribution in [0.3, 0.4) is 0 Å². The Morgan fingerprint density at radius 1 is 1.75 bits per heavy atom. The van der Waals surface area contributed by atoms with Crippen LogP contribution < -0.4 is 5.73 Å². The van der Waals surface area contributed by atoms with E-state index in [1.54, 1.807) is 0 Å². The van der Waals surface area contributed by atoms with Crippen molar-refractivity contribution in [1.29, 1.82) is 0 Å². The second-order valence-electron chi connectivity index (χ2n) is 2.75. The van der Waals surface area contributed by atoms with Gasteiger partial charge < -0.3 is 5.73 Å². The first kappa shape index (κ1) is 9.81. The first-order chi connectivity index (χ1) is 5.77. The molecule has 0 amide bonds. The van der Waals surface area contributed by atoms with Crippen molar-refractivity contribution < 1.29 is 0 Å². The summed E-state index contributed by atoms with van der Waals surface area (Å²) in [5.74, 6) is 1.02. The van der Waals surface area contributed by atoms with Gasteiger partial charge in [-0.2, -0.15) is 0 Å². The largest absolute Gasteiger partial charge is 0.375 e. The van der Waals surface area contributed by atoms with Crippen molar-refractivity contribution >= 4 is 28.1 Å². The SMILES string of the molecule is CCCC(CCl)c1csc(N)n1. The van der Waals surface area contributed by atoms with Crippen LogP contribution in [0.5, 0.6) is 0 Å². The molecule has 68 valence electrons. The fourth-order valence-corrected chi connectivity index (χ4v) is 2.10. The lowest BCUT2D eigenvalue weighted by Gasteiger charge is -2.08. The Hall–Kier alpha value is -0.280. The molecule has 0 aromatic carbocycles. The molecular formula is C8H13ClN2S. The highest BCUT2D eigenvalue weighted by Gasteiger charge is 2.11. The molecule has 1 atom stereocenters. The molecule has 4 heteroatoms. The number of aromatic nitrogens is 1. The molecule has 0 spiro atoms. The van der Waals surface area contributed by atoms with Crippen molar-refractivity contribution in [3.05, 3.63) is 11.1 Å². The summed E-state index contributed by atoms with van der Waals surface area (Å²) in [6, 6.07) is 0. The zero-order chi connectivity index (χ0) is 8.97. The highest BCUT2D eigenvalue weighted by atomic mass is 35.5. The van der Waals surface area contributed by atoms with Gasteiger partial charge in [0.2, 0.25) is 0 Å². The standard InChI is InChI=1S/C8H13ClN2S/c1-2-3-6(4-9)7-5-12-8(10)11-7/h5-6H,2-4H2,1H3,(H2,10,11). The Morgan fingerprint density at radius 2 is 2.50 bits per heavy atom. The molecule has 0 radical (unpaired) electrons. The number of nitrogen functional groups attached to an aromatic ring is 1. The molecule has 1 aromatic heterocycles. The van der Waals surface area contributed by atoms with Gasteiger partial charge in [0, 0.05) is 17.2 Å². The highest BCUT2D eigenvalue weighted by Crippen LogP contribution is 2.24. The molecule has 2 nitrogen and oxygen atoms in total. The summed E-state index contributed by atoms with van der Waals surface area (Å²) in [6.45, 7) is 2.15. The molecule has 1 heterocycles. The molecule has 0 aliphatic rings. The Bertz CT molecular complexity index is 237. The predicted molar refractivity (Wildman–Crippen MR) is 54.9 cm³/mol. The summed E-state index contributed by atoms with van der Waals surface area (Å²) >= 11 is 7.30. The third-order valence-electron chi connectivity index (χ3n) is 1.78. The topological polar surface area (TPSA) is 38.9 Å². The maximum atomic E-state index is 5.81. The molecule has 0 bridgehead atoms. The monoisotopic (exact) mass is 204 g/mol. The van der Waals surface area contributed by atoms with E-state index >= 15 is 0 Å². The molecule has 0 saturated heterocycles. The number of anilines is 1. The number of hydrogen-bond donors (Lipinski definition) is 1. The summed E-state index contributed by atoms with van der Waals surface area (Å²) in [6.07, 6.45) is 2.22. The van der Waals surface area contributed by atoms with Gasteiger partial charge in [-0.25, -0.2) is 4.98 Å². The van der Waals surface area contributed by atoms with E-state index in [0.717, 1.165) is 18.5 Å². The number of nitrogens with two attached hydrogens (primary N) is 1. The van der Waals surface area contributed by atoms with Crippen LogP contribution in [0.2, 0.25) is 0 Å². The molecule has 0 aliphatic carbocycles. The summed E-state index contributed by atoms with van der Waals surface area (Å²) in [4.78, 5) is 4.21. The predicted octanol–water partition coefficient (Wildman–Crippen LogP) is 2.85. The molecular weight excluding hydrogens is 192 g/mol. The third kappa shape index (κ3) is 2.35. The van der Waals surface area contributed by atoms with Crippen molar-refractivity contribution in [2.75, 3.05) is 11.6 Å². The van der Waals surface area contributed by atoms with Gasteiger partial charge in [0.15, 0.2) is 5.13 Å². The average Bonchev–Trinajstić information content (AvgIpc) is 2.47. The lowest BCUT2D eigenvalue weighted by atomic mass is 10.0. The van der Waals surface area contributed by atoms with E-state index in [2.05, 4.69) is 11.9 Å². The number of nitrogens with zero attached hydrogens (tertiary/aromatic N) is 1. The molecule has 1 aromatic rings. The normalized spacial score (nSPS) is 13.2. The molecule has 2 N–H and O–H groups in total. The van der Waals surface area contributed by atoms with Gasteiger partial charge in [-0.1, -0.05) is 13.3 Å². The van der Waals surface area contributed by atoms with Crippen LogP contribution in [0, 0.1) is 0 Å². The van der Waals surface area contributed by atoms with Crippen molar-refractivity contribution in [3.63, 3.8) is 0 Å². The lowest BCUT2D eigenvalue weighted by molar-refractivity contribution is 0.657. The summed E-state index contributed by atoms with van der Waals surface area (Å²) in [7, 11) is 0. The van der Waals surface area contributed by atoms with Crippen LogP contribution in [0.1, 0.15) is 31.4 Å². The van der Waals surface area contributed by atoms with Crippen molar-refractivity contribution in [2.24, 2.45) is 0 Å². The Balaban J connectivity index is 2.66. The zero-order valence-electron chi connectivity index (χ0n) is 7.09. The van der Waals surface area contributed by atoms with Gasteiger partial charge in [-0.05, 0) is 6.42 Å². The van der Waals surface area contributed by atoms with E-state index in [1.807, 2.05) is 5.38 Å². The van der Waals surface area contributed by atoms with Gasteiger partial charge in [0.05, 0.1) is 5.69 Å².